The smallest absolute Gasteiger partial charge is 0.256 e. The number of para-hydroxylation sites is 2. The monoisotopic (exact) mass is 353 g/mol. The molecule has 0 saturated heterocycles. The van der Waals surface area contributed by atoms with E-state index < -0.39 is 23.2 Å². The molecule has 2 aromatic carbocycles. The summed E-state index contributed by atoms with van der Waals surface area (Å²) in [5, 5.41) is 2.28. The molecule has 0 bridgehead atoms. The normalized spacial score (nSPS) is 10.4. The number of carbonyl (C=O) groups excluding carboxylic acids is 1. The predicted molar refractivity (Wildman–Crippen MR) is 97.7 cm³/mol. The van der Waals surface area contributed by atoms with Gasteiger partial charge in [-0.2, -0.15) is 0 Å². The molecule has 0 aliphatic heterocycles. The quantitative estimate of drug-likeness (QED) is 0.719. The summed E-state index contributed by atoms with van der Waals surface area (Å²) < 4.78 is 27.5. The zero-order chi connectivity index (χ0) is 18.5. The van der Waals surface area contributed by atoms with Crippen molar-refractivity contribution in [3.8, 4) is 0 Å². The van der Waals surface area contributed by atoms with Gasteiger partial charge in [-0.05, 0) is 43.3 Å². The molecule has 1 aromatic heterocycles. The molecule has 0 atom stereocenters. The number of anilines is 3. The van der Waals surface area contributed by atoms with Crippen LogP contribution in [0, 0.1) is 11.6 Å². The molecule has 26 heavy (non-hydrogen) atoms. The van der Waals surface area contributed by atoms with Crippen LogP contribution in [0.3, 0.4) is 0 Å². The third-order valence-electron chi connectivity index (χ3n) is 3.87. The first-order valence-electron chi connectivity index (χ1n) is 8.14. The van der Waals surface area contributed by atoms with Gasteiger partial charge in [0.05, 0.1) is 0 Å². The number of pyridine rings is 1. The van der Waals surface area contributed by atoms with Crippen LogP contribution < -0.4 is 10.2 Å². The Balaban J connectivity index is 1.88. The molecule has 1 N–H and O–H groups in total. The zero-order valence-corrected chi connectivity index (χ0v) is 14.1. The van der Waals surface area contributed by atoms with Gasteiger partial charge in [0.15, 0.2) is 0 Å². The van der Waals surface area contributed by atoms with E-state index in [4.69, 9.17) is 0 Å². The molecule has 0 saturated carbocycles. The maximum Gasteiger partial charge on any atom is 0.256 e. The minimum atomic E-state index is -0.827. The maximum absolute atomic E-state index is 13.7. The second-order valence-corrected chi connectivity index (χ2v) is 5.53. The molecule has 0 aliphatic rings. The third kappa shape index (κ3) is 3.69. The molecule has 1 amide bonds. The highest BCUT2D eigenvalue weighted by molar-refractivity contribution is 6.04. The molecule has 0 radical (unpaired) electrons. The highest BCUT2D eigenvalue weighted by Gasteiger charge is 2.15. The van der Waals surface area contributed by atoms with E-state index in [1.165, 1.54) is 18.3 Å². The predicted octanol–water partition coefficient (Wildman–Crippen LogP) is 4.77. The topological polar surface area (TPSA) is 45.2 Å². The number of benzene rings is 2. The first kappa shape index (κ1) is 17.5. The van der Waals surface area contributed by atoms with Crippen LogP contribution in [-0.4, -0.2) is 17.4 Å². The van der Waals surface area contributed by atoms with Crippen molar-refractivity contribution in [2.45, 2.75) is 6.92 Å². The highest BCUT2D eigenvalue weighted by Crippen LogP contribution is 2.24. The number of hydrogen-bond acceptors (Lipinski definition) is 3. The van der Waals surface area contributed by atoms with Crippen molar-refractivity contribution in [3.63, 3.8) is 0 Å². The van der Waals surface area contributed by atoms with Crippen molar-refractivity contribution in [2.24, 2.45) is 0 Å². The average Bonchev–Trinajstić information content (AvgIpc) is 2.66. The van der Waals surface area contributed by atoms with Crippen LogP contribution in [0.25, 0.3) is 0 Å². The lowest BCUT2D eigenvalue weighted by atomic mass is 10.2. The van der Waals surface area contributed by atoms with Gasteiger partial charge in [-0.1, -0.05) is 24.3 Å². The van der Waals surface area contributed by atoms with Gasteiger partial charge < -0.3 is 10.2 Å². The number of amides is 1. The van der Waals surface area contributed by atoms with Crippen LogP contribution in [0.2, 0.25) is 0 Å². The van der Waals surface area contributed by atoms with Crippen molar-refractivity contribution in [2.75, 3.05) is 16.8 Å². The molecule has 132 valence electrons. The van der Waals surface area contributed by atoms with E-state index in [-0.39, 0.29) is 5.56 Å². The summed E-state index contributed by atoms with van der Waals surface area (Å²) in [7, 11) is 0. The lowest BCUT2D eigenvalue weighted by Gasteiger charge is -2.22. The minimum Gasteiger partial charge on any atom is -0.327 e. The van der Waals surface area contributed by atoms with E-state index in [1.54, 1.807) is 6.07 Å². The number of nitrogens with one attached hydrogen (secondary N) is 1. The molecule has 0 unspecified atom stereocenters. The van der Waals surface area contributed by atoms with Gasteiger partial charge in [0.25, 0.3) is 5.91 Å². The van der Waals surface area contributed by atoms with Crippen LogP contribution in [0.4, 0.5) is 26.0 Å². The SMILES string of the molecule is CCN(c1ccccc1)c1cc(C(=O)Nc2c(F)cccc2F)ccn1. The number of aromatic nitrogens is 1. The van der Waals surface area contributed by atoms with E-state index in [0.29, 0.717) is 12.4 Å². The largest absolute Gasteiger partial charge is 0.327 e. The molecular formula is C20H17F2N3O. The van der Waals surface area contributed by atoms with Crippen molar-refractivity contribution in [1.29, 1.82) is 0 Å². The van der Waals surface area contributed by atoms with Crippen LogP contribution in [-0.2, 0) is 0 Å². The lowest BCUT2D eigenvalue weighted by Crippen LogP contribution is -2.19. The molecular weight excluding hydrogens is 336 g/mol. The summed E-state index contributed by atoms with van der Waals surface area (Å²) >= 11 is 0. The standard InChI is InChI=1S/C20H17F2N3O/c1-2-25(15-7-4-3-5-8-15)18-13-14(11-12-23-18)20(26)24-19-16(21)9-6-10-17(19)22/h3-13H,2H2,1H3,(H,24,26). The molecule has 0 spiro atoms. The summed E-state index contributed by atoms with van der Waals surface area (Å²) in [6, 6.07) is 16.1. The van der Waals surface area contributed by atoms with Crippen LogP contribution in [0.1, 0.15) is 17.3 Å². The molecule has 4 nitrogen and oxygen atoms in total. The van der Waals surface area contributed by atoms with Gasteiger partial charge in [0, 0.05) is 24.0 Å². The van der Waals surface area contributed by atoms with Crippen molar-refractivity contribution in [3.05, 3.63) is 84.1 Å². The molecule has 6 heteroatoms. The summed E-state index contributed by atoms with van der Waals surface area (Å²) in [5.41, 5.74) is 0.721. The number of rotatable bonds is 5. The van der Waals surface area contributed by atoms with Crippen molar-refractivity contribution < 1.29 is 13.6 Å². The van der Waals surface area contributed by atoms with E-state index in [2.05, 4.69) is 10.3 Å². The fourth-order valence-electron chi connectivity index (χ4n) is 2.59. The summed E-state index contributed by atoms with van der Waals surface area (Å²) in [4.78, 5) is 18.7. The van der Waals surface area contributed by atoms with Gasteiger partial charge in [-0.25, -0.2) is 13.8 Å². The van der Waals surface area contributed by atoms with Crippen molar-refractivity contribution in [1.82, 2.24) is 4.98 Å². The summed E-state index contributed by atoms with van der Waals surface area (Å²) in [5.74, 6) is -1.69. The summed E-state index contributed by atoms with van der Waals surface area (Å²) in [6.07, 6.45) is 1.49. The fourth-order valence-corrected chi connectivity index (χ4v) is 2.59. The Hall–Kier alpha value is -3.28. The molecule has 0 aliphatic carbocycles. The van der Waals surface area contributed by atoms with Crippen LogP contribution in [0.15, 0.2) is 66.9 Å². The minimum absolute atomic E-state index is 0.257. The molecule has 3 rings (SSSR count). The number of carbonyl (C=O) groups is 1. The van der Waals surface area contributed by atoms with Crippen LogP contribution in [0.5, 0.6) is 0 Å². The molecule has 0 fully saturated rings. The second-order valence-electron chi connectivity index (χ2n) is 5.53. The first-order chi connectivity index (χ1) is 12.6. The molecule has 3 aromatic rings. The number of hydrogen-bond donors (Lipinski definition) is 1. The van der Waals surface area contributed by atoms with Gasteiger partial charge in [0.2, 0.25) is 0 Å². The summed E-state index contributed by atoms with van der Waals surface area (Å²) in [6.45, 7) is 2.61. The van der Waals surface area contributed by atoms with Gasteiger partial charge in [-0.3, -0.25) is 4.79 Å². The van der Waals surface area contributed by atoms with Crippen molar-refractivity contribution >= 4 is 23.1 Å². The lowest BCUT2D eigenvalue weighted by molar-refractivity contribution is 0.102. The van der Waals surface area contributed by atoms with Gasteiger partial charge >= 0.3 is 0 Å². The van der Waals surface area contributed by atoms with Crippen LogP contribution >= 0.6 is 0 Å². The van der Waals surface area contributed by atoms with E-state index in [1.807, 2.05) is 42.2 Å². The van der Waals surface area contributed by atoms with Gasteiger partial charge in [-0.15, -0.1) is 0 Å². The second kappa shape index (κ2) is 7.74. The maximum atomic E-state index is 13.7. The number of nitrogens with zero attached hydrogens (tertiary/aromatic N) is 2. The van der Waals surface area contributed by atoms with E-state index in [0.717, 1.165) is 17.8 Å². The highest BCUT2D eigenvalue weighted by atomic mass is 19.1. The Bertz CT molecular complexity index is 896. The molecule has 1 heterocycles. The first-order valence-corrected chi connectivity index (χ1v) is 8.14. The Morgan fingerprint density at radius 3 is 2.38 bits per heavy atom. The van der Waals surface area contributed by atoms with E-state index in [9.17, 15) is 13.6 Å². The Kier molecular flexibility index (Phi) is 5.22. The Morgan fingerprint density at radius 1 is 1.04 bits per heavy atom. The van der Waals surface area contributed by atoms with Gasteiger partial charge in [0.1, 0.15) is 23.1 Å². The Morgan fingerprint density at radius 2 is 1.73 bits per heavy atom. The average molecular weight is 353 g/mol. The fraction of sp³-hybridized carbons (Fsp3) is 0.100. The third-order valence-corrected chi connectivity index (χ3v) is 3.87. The van der Waals surface area contributed by atoms with E-state index >= 15 is 0 Å². The number of halogens is 2. The zero-order valence-electron chi connectivity index (χ0n) is 14.1. The Labute approximate surface area is 150 Å².